The van der Waals surface area contributed by atoms with Crippen molar-refractivity contribution in [2.24, 2.45) is 0 Å². The molecular weight excluding hydrogens is 617 g/mol. The average molecular weight is 653 g/mol. The van der Waals surface area contributed by atoms with Crippen LogP contribution in [-0.4, -0.2) is 59.5 Å². The maximum absolute atomic E-state index is 13.6. The molecule has 0 atom stereocenters. The highest BCUT2D eigenvalue weighted by Gasteiger charge is 2.27. The molecule has 238 valence electrons. The molecule has 0 spiro atoms. The smallest absolute Gasteiger partial charge is 0.497 e. The summed E-state index contributed by atoms with van der Waals surface area (Å²) < 4.78 is 55.7. The monoisotopic (exact) mass is 652 g/mol. The standard InChI is InChI=1S/C32H36N4O7S2/c1-5-7-15-36(45(39,40)16-8-6-2)23-10-13-28-25(19-23)30(21-9-12-26-27(18-21)34-44-33-26)31(43-32(37)38)35(28)20-22-17-24(41-3)11-14-29(22)42-4/h9-14,17-19H,5-8,15-16,20H2,1-4H3,(H,37,38). The minimum atomic E-state index is -3.61. The molecule has 11 nitrogen and oxygen atoms in total. The van der Waals surface area contributed by atoms with E-state index >= 15 is 0 Å². The number of anilines is 1. The van der Waals surface area contributed by atoms with E-state index in [0.29, 0.717) is 69.6 Å². The Morgan fingerprint density at radius 1 is 0.956 bits per heavy atom. The minimum absolute atomic E-state index is 0.0373. The Morgan fingerprint density at radius 3 is 2.44 bits per heavy atom. The van der Waals surface area contributed by atoms with Crippen LogP contribution in [0.2, 0.25) is 0 Å². The zero-order chi connectivity index (χ0) is 32.1. The van der Waals surface area contributed by atoms with Gasteiger partial charge in [0.05, 0.1) is 55.0 Å². The second-order valence-electron chi connectivity index (χ2n) is 10.6. The summed E-state index contributed by atoms with van der Waals surface area (Å²) in [6.45, 7) is 4.49. The average Bonchev–Trinajstić information content (AvgIpc) is 3.61. The van der Waals surface area contributed by atoms with E-state index in [4.69, 9.17) is 14.2 Å². The van der Waals surface area contributed by atoms with Gasteiger partial charge >= 0.3 is 6.16 Å². The molecule has 0 amide bonds. The lowest BCUT2D eigenvalue weighted by molar-refractivity contribution is 0.141. The third-order valence-electron chi connectivity index (χ3n) is 7.64. The van der Waals surface area contributed by atoms with E-state index in [2.05, 4.69) is 8.75 Å². The molecule has 0 bridgehead atoms. The van der Waals surface area contributed by atoms with Gasteiger partial charge in [-0.25, -0.2) is 13.2 Å². The fourth-order valence-corrected chi connectivity index (χ4v) is 7.61. The SMILES string of the molecule is CCCCN(c1ccc2c(c1)c(-c1ccc3nsnc3c1)c(OC(=O)O)n2Cc1cc(OC)ccc1OC)S(=O)(=O)CCCC. The van der Waals surface area contributed by atoms with Gasteiger partial charge in [0.2, 0.25) is 15.9 Å². The number of nitrogens with zero attached hydrogens (tertiary/aromatic N) is 4. The van der Waals surface area contributed by atoms with E-state index in [9.17, 15) is 18.3 Å². The lowest BCUT2D eigenvalue weighted by Crippen LogP contribution is -2.34. The zero-order valence-electron chi connectivity index (χ0n) is 25.6. The van der Waals surface area contributed by atoms with E-state index in [1.807, 2.05) is 44.2 Å². The fourth-order valence-electron chi connectivity index (χ4n) is 5.38. The lowest BCUT2D eigenvalue weighted by atomic mass is 10.0. The molecule has 0 fully saturated rings. The van der Waals surface area contributed by atoms with E-state index in [1.165, 1.54) is 4.31 Å². The van der Waals surface area contributed by atoms with Crippen molar-refractivity contribution in [1.82, 2.24) is 13.3 Å². The number of hydrogen-bond acceptors (Lipinski definition) is 9. The van der Waals surface area contributed by atoms with Crippen LogP contribution in [0.4, 0.5) is 10.5 Å². The Kier molecular flexibility index (Phi) is 9.78. The molecule has 3 aromatic carbocycles. The Morgan fingerprint density at radius 2 is 1.73 bits per heavy atom. The summed E-state index contributed by atoms with van der Waals surface area (Å²) in [7, 11) is -0.482. The Balaban J connectivity index is 1.80. The fraction of sp³-hybridized carbons (Fsp3) is 0.344. The molecule has 0 aliphatic rings. The van der Waals surface area contributed by atoms with Gasteiger partial charge in [-0.3, -0.25) is 4.31 Å². The molecule has 1 N–H and O–H groups in total. The molecule has 0 saturated heterocycles. The number of carbonyl (C=O) groups is 1. The number of carboxylic acid groups (broad SMARTS) is 1. The number of methoxy groups -OCH3 is 2. The Hall–Kier alpha value is -4.36. The van der Waals surface area contributed by atoms with Gasteiger partial charge < -0.3 is 23.9 Å². The van der Waals surface area contributed by atoms with E-state index in [-0.39, 0.29) is 18.2 Å². The van der Waals surface area contributed by atoms with E-state index in [0.717, 1.165) is 30.1 Å². The number of aromatic nitrogens is 3. The molecule has 2 heterocycles. The van der Waals surface area contributed by atoms with E-state index < -0.39 is 16.2 Å². The number of rotatable bonds is 14. The predicted molar refractivity (Wildman–Crippen MR) is 177 cm³/mol. The number of benzene rings is 3. The molecular formula is C32H36N4O7S2. The number of hydrogen-bond donors (Lipinski definition) is 1. The summed E-state index contributed by atoms with van der Waals surface area (Å²) in [6.07, 6.45) is 1.33. The van der Waals surface area contributed by atoms with Crippen LogP contribution in [0, 0.1) is 0 Å². The van der Waals surface area contributed by atoms with Gasteiger partial charge in [-0.1, -0.05) is 32.8 Å². The molecule has 0 aliphatic heterocycles. The Bertz CT molecular complexity index is 1930. The summed E-state index contributed by atoms with van der Waals surface area (Å²) in [4.78, 5) is 12.2. The number of fused-ring (bicyclic) bond motifs is 2. The zero-order valence-corrected chi connectivity index (χ0v) is 27.3. The molecule has 5 aromatic rings. The van der Waals surface area contributed by atoms with Gasteiger partial charge in [0.25, 0.3) is 0 Å². The molecule has 0 radical (unpaired) electrons. The topological polar surface area (TPSA) is 133 Å². The van der Waals surface area contributed by atoms with E-state index in [1.54, 1.807) is 43.1 Å². The van der Waals surface area contributed by atoms with Crippen molar-refractivity contribution in [2.45, 2.75) is 46.1 Å². The van der Waals surface area contributed by atoms with Crippen LogP contribution in [0.5, 0.6) is 17.4 Å². The van der Waals surface area contributed by atoms with Gasteiger partial charge in [-0.05, 0) is 66.9 Å². The number of ether oxygens (including phenoxy) is 3. The molecule has 5 rings (SSSR count). The normalized spacial score (nSPS) is 11.6. The van der Waals surface area contributed by atoms with Crippen LogP contribution in [0.3, 0.4) is 0 Å². The van der Waals surface area contributed by atoms with Gasteiger partial charge in [-0.15, -0.1) is 0 Å². The predicted octanol–water partition coefficient (Wildman–Crippen LogP) is 7.17. The molecule has 2 aromatic heterocycles. The van der Waals surface area contributed by atoms with Gasteiger partial charge in [0.15, 0.2) is 0 Å². The number of sulfonamides is 1. The summed E-state index contributed by atoms with van der Waals surface area (Å²) in [5, 5.41) is 10.5. The maximum Gasteiger partial charge on any atom is 0.512 e. The first-order valence-electron chi connectivity index (χ1n) is 14.7. The first kappa shape index (κ1) is 32.0. The highest BCUT2D eigenvalue weighted by Crippen LogP contribution is 2.44. The number of unbranched alkanes of at least 4 members (excludes halogenated alkanes) is 2. The highest BCUT2D eigenvalue weighted by atomic mass is 32.2. The summed E-state index contributed by atoms with van der Waals surface area (Å²) in [5.74, 6) is 1.31. The van der Waals surface area contributed by atoms with Crippen LogP contribution in [0.15, 0.2) is 54.6 Å². The second kappa shape index (κ2) is 13.7. The summed E-state index contributed by atoms with van der Waals surface area (Å²) >= 11 is 1.08. The molecule has 0 aliphatic carbocycles. The lowest BCUT2D eigenvalue weighted by Gasteiger charge is -2.24. The molecule has 13 heteroatoms. The quantitative estimate of drug-likeness (QED) is 0.124. The minimum Gasteiger partial charge on any atom is -0.497 e. The van der Waals surface area contributed by atoms with Crippen LogP contribution in [-0.2, 0) is 16.6 Å². The third-order valence-corrected chi connectivity index (χ3v) is 10.1. The first-order chi connectivity index (χ1) is 21.7. The van der Waals surface area contributed by atoms with Crippen molar-refractivity contribution in [3.8, 4) is 28.5 Å². The first-order valence-corrected chi connectivity index (χ1v) is 17.1. The van der Waals surface area contributed by atoms with Crippen LogP contribution in [0.25, 0.3) is 33.1 Å². The highest BCUT2D eigenvalue weighted by molar-refractivity contribution is 7.92. The van der Waals surface area contributed by atoms with Gasteiger partial charge in [-0.2, -0.15) is 8.75 Å². The molecule has 0 unspecified atom stereocenters. The summed E-state index contributed by atoms with van der Waals surface area (Å²) in [5.41, 5.74) is 4.38. The van der Waals surface area contributed by atoms with Crippen LogP contribution in [0.1, 0.15) is 45.1 Å². The second-order valence-corrected chi connectivity index (χ2v) is 13.1. The maximum atomic E-state index is 13.6. The van der Waals surface area contributed by atoms with Crippen molar-refractivity contribution in [1.29, 1.82) is 0 Å². The van der Waals surface area contributed by atoms with Gasteiger partial charge in [0, 0.05) is 17.5 Å². The molecule has 0 saturated carbocycles. The van der Waals surface area contributed by atoms with Crippen molar-refractivity contribution >= 4 is 55.5 Å². The van der Waals surface area contributed by atoms with Crippen molar-refractivity contribution in [2.75, 3.05) is 30.8 Å². The third kappa shape index (κ3) is 6.69. The summed E-state index contributed by atoms with van der Waals surface area (Å²) in [6, 6.07) is 16.3. The van der Waals surface area contributed by atoms with Gasteiger partial charge in [0.1, 0.15) is 22.5 Å². The largest absolute Gasteiger partial charge is 0.512 e. The van der Waals surface area contributed by atoms with Crippen LogP contribution < -0.4 is 18.5 Å². The van der Waals surface area contributed by atoms with Crippen molar-refractivity contribution in [3.05, 3.63) is 60.2 Å². The van der Waals surface area contributed by atoms with Crippen LogP contribution >= 0.6 is 11.7 Å². The molecule has 45 heavy (non-hydrogen) atoms. The van der Waals surface area contributed by atoms with Crippen molar-refractivity contribution < 1.29 is 32.5 Å². The van der Waals surface area contributed by atoms with Crippen molar-refractivity contribution in [3.63, 3.8) is 0 Å². The Labute approximate surface area is 266 Å².